The molecule has 3 heterocycles. The van der Waals surface area contributed by atoms with Crippen LogP contribution in [0.15, 0.2) is 117 Å². The van der Waals surface area contributed by atoms with Gasteiger partial charge in [0, 0.05) is 26.4 Å². The molecule has 0 aromatic heterocycles. The van der Waals surface area contributed by atoms with Crippen molar-refractivity contribution in [3.63, 3.8) is 0 Å². The molecule has 0 bridgehead atoms. The van der Waals surface area contributed by atoms with Crippen LogP contribution in [0.2, 0.25) is 0 Å². The zero-order chi connectivity index (χ0) is 52.4. The average molecular weight is 963 g/mol. The van der Waals surface area contributed by atoms with Crippen LogP contribution >= 0.6 is 0 Å². The first-order valence-corrected chi connectivity index (χ1v) is 23.9. The number of carbonyl (C=O) groups excluding carboxylic acids is 6. The van der Waals surface area contributed by atoms with Gasteiger partial charge < -0.3 is 19.7 Å². The second-order valence-corrected chi connectivity index (χ2v) is 14.6. The third-order valence-electron chi connectivity index (χ3n) is 9.67. The highest BCUT2D eigenvalue weighted by atomic mass is 16.5. The molecule has 0 radical (unpaired) electrons. The molecule has 3 unspecified atom stereocenters. The van der Waals surface area contributed by atoms with Gasteiger partial charge in [0.2, 0.25) is 0 Å². The Morgan fingerprint density at radius 2 is 0.638 bits per heavy atom. The third kappa shape index (κ3) is 24.6. The van der Waals surface area contributed by atoms with E-state index in [1.54, 1.807) is 36.4 Å². The number of aliphatic hydroxyl groups is 2. The van der Waals surface area contributed by atoms with E-state index >= 15 is 0 Å². The molecule has 16 heteroatoms. The van der Waals surface area contributed by atoms with Crippen LogP contribution in [0.3, 0.4) is 0 Å². The maximum atomic E-state index is 12.1. The summed E-state index contributed by atoms with van der Waals surface area (Å²) >= 11 is 0. The fourth-order valence-corrected chi connectivity index (χ4v) is 6.24. The van der Waals surface area contributed by atoms with Gasteiger partial charge in [0.1, 0.15) is 17.8 Å². The molecule has 16 nitrogen and oxygen atoms in total. The van der Waals surface area contributed by atoms with E-state index in [1.807, 2.05) is 103 Å². The molecule has 3 aromatic rings. The van der Waals surface area contributed by atoms with Gasteiger partial charge in [-0.3, -0.25) is 45.0 Å². The fraction of sp³-hybridized carbons (Fsp3) is 0.472. The van der Waals surface area contributed by atoms with Gasteiger partial charge in [0.25, 0.3) is 35.4 Å². The van der Waals surface area contributed by atoms with Crippen LogP contribution in [-0.2, 0) is 38.2 Å². The molecule has 0 spiro atoms. The van der Waals surface area contributed by atoms with Crippen molar-refractivity contribution in [1.29, 1.82) is 0 Å². The van der Waals surface area contributed by atoms with E-state index < -0.39 is 17.8 Å². The molecule has 69 heavy (non-hydrogen) atoms. The van der Waals surface area contributed by atoms with Crippen LogP contribution in [0.25, 0.3) is 0 Å². The van der Waals surface area contributed by atoms with Gasteiger partial charge in [0.15, 0.2) is 0 Å². The van der Waals surface area contributed by atoms with Gasteiger partial charge in [-0.15, -0.1) is 26.3 Å². The van der Waals surface area contributed by atoms with E-state index in [0.29, 0.717) is 36.3 Å². The Kier molecular flexibility index (Phi) is 39.4. The van der Waals surface area contributed by atoms with Gasteiger partial charge >= 0.3 is 0 Å². The third-order valence-corrected chi connectivity index (χ3v) is 9.67. The number of hydrogen-bond acceptors (Lipinski definition) is 10. The predicted octanol–water partition coefficient (Wildman–Crippen LogP) is 8.27. The Labute approximate surface area is 412 Å². The fourth-order valence-electron chi connectivity index (χ4n) is 6.24. The number of amides is 6. The normalized spacial score (nSPS) is 16.2. The van der Waals surface area contributed by atoms with Crippen LogP contribution in [-0.4, -0.2) is 85.3 Å². The summed E-state index contributed by atoms with van der Waals surface area (Å²) in [4.78, 5) is 71.3. The number of hydrazine groups is 3. The lowest BCUT2D eigenvalue weighted by Crippen LogP contribution is -2.35. The summed E-state index contributed by atoms with van der Waals surface area (Å²) in [5, 5.41) is 19.3. The number of para-hydroxylation sites is 3. The summed E-state index contributed by atoms with van der Waals surface area (Å²) in [6.07, 6.45) is 7.54. The second kappa shape index (κ2) is 41.9. The van der Waals surface area contributed by atoms with E-state index in [2.05, 4.69) is 42.6 Å². The number of nitrogens with one attached hydrogen (secondary N) is 3. The SMILES string of the molecule is C=C.C=C.CCCCC1C(=O)NN(c2ccccc2)C1=O.CCCCC1C(=O)NN(c2ccccc2)C1=O.CCCCC1C(=O)NN(c2ccccc2)C1=O.CCOCC.CCOCC.OCCO. The largest absolute Gasteiger partial charge is 0.394 e. The Morgan fingerprint density at radius 1 is 0.420 bits per heavy atom. The number of carbonyl (C=O) groups is 6. The molecular formula is C53H82N6O10. The van der Waals surface area contributed by atoms with Gasteiger partial charge in [-0.1, -0.05) is 114 Å². The molecule has 6 rings (SSSR count). The maximum absolute atomic E-state index is 12.1. The number of nitrogens with zero attached hydrogens (tertiary/aromatic N) is 3. The first-order valence-electron chi connectivity index (χ1n) is 23.9. The van der Waals surface area contributed by atoms with Crippen LogP contribution in [0.1, 0.15) is 106 Å². The molecule has 3 fully saturated rings. The smallest absolute Gasteiger partial charge is 0.258 e. The molecule has 3 aliphatic heterocycles. The van der Waals surface area contributed by atoms with Crippen molar-refractivity contribution in [2.75, 3.05) is 54.7 Å². The number of rotatable bonds is 17. The first-order chi connectivity index (χ1) is 33.5. The van der Waals surface area contributed by atoms with Gasteiger partial charge in [-0.05, 0) is 83.4 Å². The van der Waals surface area contributed by atoms with E-state index in [1.165, 1.54) is 15.0 Å². The lowest BCUT2D eigenvalue weighted by molar-refractivity contribution is -0.129. The highest BCUT2D eigenvalue weighted by Gasteiger charge is 2.41. The van der Waals surface area contributed by atoms with Crippen LogP contribution in [0.5, 0.6) is 0 Å². The van der Waals surface area contributed by atoms with E-state index in [-0.39, 0.29) is 48.7 Å². The van der Waals surface area contributed by atoms with Crippen LogP contribution in [0.4, 0.5) is 17.1 Å². The zero-order valence-corrected chi connectivity index (χ0v) is 42.3. The predicted molar refractivity (Wildman–Crippen MR) is 276 cm³/mol. The summed E-state index contributed by atoms with van der Waals surface area (Å²) in [6.45, 7) is 29.2. The Bertz CT molecular complexity index is 1620. The van der Waals surface area contributed by atoms with Crippen molar-refractivity contribution in [1.82, 2.24) is 16.3 Å². The quantitative estimate of drug-likeness (QED) is 0.0647. The lowest BCUT2D eigenvalue weighted by Gasteiger charge is -2.14. The maximum Gasteiger partial charge on any atom is 0.258 e. The van der Waals surface area contributed by atoms with E-state index in [9.17, 15) is 28.8 Å². The molecule has 3 aliphatic rings. The summed E-state index contributed by atoms with van der Waals surface area (Å²) in [5.41, 5.74) is 10.0. The zero-order valence-electron chi connectivity index (χ0n) is 42.3. The highest BCUT2D eigenvalue weighted by molar-refractivity contribution is 6.15. The van der Waals surface area contributed by atoms with Crippen molar-refractivity contribution in [3.8, 4) is 0 Å². The topological polar surface area (TPSA) is 207 Å². The molecule has 3 saturated heterocycles. The van der Waals surface area contributed by atoms with E-state index in [0.717, 1.165) is 65.0 Å². The molecular weight excluding hydrogens is 881 g/mol. The van der Waals surface area contributed by atoms with E-state index in [4.69, 9.17) is 19.7 Å². The molecule has 3 aromatic carbocycles. The van der Waals surface area contributed by atoms with Crippen molar-refractivity contribution >= 4 is 52.5 Å². The lowest BCUT2D eigenvalue weighted by atomic mass is 10.0. The number of aliphatic hydroxyl groups excluding tert-OH is 2. The number of benzene rings is 3. The van der Waals surface area contributed by atoms with Crippen LogP contribution < -0.4 is 31.3 Å². The summed E-state index contributed by atoms with van der Waals surface area (Å²) in [6, 6.07) is 27.5. The van der Waals surface area contributed by atoms with Crippen molar-refractivity contribution in [2.45, 2.75) is 106 Å². The summed E-state index contributed by atoms with van der Waals surface area (Å²) < 4.78 is 9.67. The second-order valence-electron chi connectivity index (χ2n) is 14.6. The van der Waals surface area contributed by atoms with Gasteiger partial charge in [0.05, 0.1) is 30.3 Å². The van der Waals surface area contributed by atoms with Gasteiger partial charge in [-0.2, -0.15) is 0 Å². The average Bonchev–Trinajstić information content (AvgIpc) is 3.97. The minimum Gasteiger partial charge on any atom is -0.394 e. The highest BCUT2D eigenvalue weighted by Crippen LogP contribution is 2.25. The van der Waals surface area contributed by atoms with Crippen molar-refractivity contribution < 1.29 is 48.5 Å². The van der Waals surface area contributed by atoms with Crippen molar-refractivity contribution in [3.05, 3.63) is 117 Å². The molecule has 0 saturated carbocycles. The number of hydrogen-bond donors (Lipinski definition) is 5. The Hall–Kier alpha value is -6.20. The molecule has 0 aliphatic carbocycles. The molecule has 384 valence electrons. The number of anilines is 3. The first kappa shape index (κ1) is 64.9. The number of unbranched alkanes of at least 4 members (excludes halogenated alkanes) is 3. The molecule has 3 atom stereocenters. The Morgan fingerprint density at radius 3 is 0.797 bits per heavy atom. The Balaban J connectivity index is 0. The monoisotopic (exact) mass is 963 g/mol. The van der Waals surface area contributed by atoms with Crippen molar-refractivity contribution in [2.24, 2.45) is 17.8 Å². The minimum atomic E-state index is -0.518. The minimum absolute atomic E-state index is 0.125. The van der Waals surface area contributed by atoms with Crippen LogP contribution in [0, 0.1) is 17.8 Å². The standard InChI is InChI=1S/3C13H16N2O2.2C4H10O.C2H6O2.2C2H4/c3*1-2-3-9-11-12(16)14-15(13(11)17)10-7-5-4-6-8-10;2*1-3-5-4-2;3-1-2-4;2*1-2/h3*4-8,11H,2-3,9H2,1H3,(H,14,16);2*3-4H2,1-2H3;3-4H,1-2H2;2*1-2H2. The summed E-state index contributed by atoms with van der Waals surface area (Å²) in [7, 11) is 0. The molecule has 5 N–H and O–H groups in total. The summed E-state index contributed by atoms with van der Waals surface area (Å²) in [5.74, 6) is -2.55. The number of ether oxygens (including phenoxy) is 2. The molecule has 6 amide bonds. The van der Waals surface area contributed by atoms with Gasteiger partial charge in [-0.25, -0.2) is 15.0 Å².